The Hall–Kier alpha value is -9.17. The summed E-state index contributed by atoms with van der Waals surface area (Å²) in [5.41, 5.74) is 9.85. The van der Waals surface area contributed by atoms with Gasteiger partial charge in [0.15, 0.2) is 17.5 Å². The number of furan rings is 2. The summed E-state index contributed by atoms with van der Waals surface area (Å²) in [5, 5.41) is 6.44. The van der Waals surface area contributed by atoms with Gasteiger partial charge in [0.25, 0.3) is 0 Å². The van der Waals surface area contributed by atoms with Crippen LogP contribution >= 0.6 is 11.3 Å². The molecule has 0 spiro atoms. The number of hydrogen-bond donors (Lipinski definition) is 0. The molecule has 0 saturated carbocycles. The molecule has 15 rings (SSSR count). The van der Waals surface area contributed by atoms with Gasteiger partial charge in [0, 0.05) is 74.7 Å². The molecular weight excluding hydrogens is 877 g/mol. The molecule has 326 valence electrons. The van der Waals surface area contributed by atoms with Crippen LogP contribution in [0.15, 0.2) is 227 Å². The number of aromatic nitrogens is 4. The first kappa shape index (κ1) is 32.5. The van der Waals surface area contributed by atoms with Crippen LogP contribution in [0.4, 0.5) is 0 Å². The fourth-order valence-electron chi connectivity index (χ4n) is 10.2. The van der Waals surface area contributed by atoms with E-state index in [-0.39, 0.29) is 57.8 Å². The summed E-state index contributed by atoms with van der Waals surface area (Å²) in [6, 6.07) is 55.7. The molecule has 0 fully saturated rings. The molecule has 0 aliphatic carbocycles. The van der Waals surface area contributed by atoms with E-state index in [9.17, 15) is 2.74 Å². The zero-order valence-electron chi connectivity index (χ0n) is 43.8. The molecule has 70 heavy (non-hydrogen) atoms. The molecule has 0 N–H and O–H groups in total. The predicted octanol–water partition coefficient (Wildman–Crippen LogP) is 17.5. The van der Waals surface area contributed by atoms with E-state index in [2.05, 4.69) is 72.8 Å². The first-order valence-corrected chi connectivity index (χ1v) is 23.6. The Morgan fingerprint density at radius 3 is 1.87 bits per heavy atom. The highest BCUT2D eigenvalue weighted by atomic mass is 32.1. The number of hydrogen-bond acceptors (Lipinski definition) is 6. The van der Waals surface area contributed by atoms with E-state index in [4.69, 9.17) is 30.6 Å². The van der Waals surface area contributed by atoms with Gasteiger partial charge in [0.05, 0.1) is 26.3 Å². The average molecular weight is 920 g/mol. The lowest BCUT2D eigenvalue weighted by Gasteiger charge is -2.15. The average Bonchev–Trinajstić information content (AvgIpc) is 4.34. The maximum absolute atomic E-state index is 9.25. The highest BCUT2D eigenvalue weighted by molar-refractivity contribution is 7.26. The number of rotatable bonds is 6. The van der Waals surface area contributed by atoms with Crippen molar-refractivity contribution in [1.82, 2.24) is 19.5 Å². The molecule has 5 aromatic heterocycles. The summed E-state index contributed by atoms with van der Waals surface area (Å²) in [4.78, 5) is 15.6. The molecule has 0 bridgehead atoms. The monoisotopic (exact) mass is 919 g/mol. The van der Waals surface area contributed by atoms with Gasteiger partial charge in [-0.2, -0.15) is 0 Å². The second-order valence-corrected chi connectivity index (χ2v) is 18.4. The number of para-hydroxylation sites is 6. The molecule has 0 unspecified atom stereocenters. The van der Waals surface area contributed by atoms with Gasteiger partial charge in [0.2, 0.25) is 0 Å². The van der Waals surface area contributed by atoms with Crippen molar-refractivity contribution in [3.63, 3.8) is 0 Å². The van der Waals surface area contributed by atoms with Crippen molar-refractivity contribution < 1.29 is 18.4 Å². The smallest absolute Gasteiger partial charge is 0.166 e. The Morgan fingerprint density at radius 1 is 0.386 bits per heavy atom. The van der Waals surface area contributed by atoms with E-state index in [0.717, 1.165) is 86.3 Å². The molecule has 0 aliphatic rings. The van der Waals surface area contributed by atoms with E-state index in [1.54, 1.807) is 28.0 Å². The molecule has 6 nitrogen and oxygen atoms in total. The first-order chi connectivity index (χ1) is 37.6. The SMILES string of the molecule is [2H]c1cc([2H])c2c(c1[2H])c1c([2H])c([2H])c([2H])c([2H])c1n2-c1ccccc1-c1nc(-c2cccc(-c3cccc4c3sc3ccc(-c5cccc6c5oc5ccccc56)cc34)c2)nc(-c2ccc3oc4ccccc4c3c2)n1. The van der Waals surface area contributed by atoms with Crippen molar-refractivity contribution in [2.45, 2.75) is 0 Å². The van der Waals surface area contributed by atoms with Gasteiger partial charge in [-0.25, -0.2) is 15.0 Å². The van der Waals surface area contributed by atoms with E-state index < -0.39 is 12.1 Å². The number of fused-ring (bicyclic) bond motifs is 12. The van der Waals surface area contributed by atoms with Crippen molar-refractivity contribution in [2.24, 2.45) is 0 Å². The van der Waals surface area contributed by atoms with Gasteiger partial charge in [-0.1, -0.05) is 145 Å². The minimum absolute atomic E-state index is 0.0530. The normalized spacial score (nSPS) is 13.4. The molecule has 7 heteroatoms. The Balaban J connectivity index is 0.920. The van der Waals surface area contributed by atoms with Crippen LogP contribution in [0.3, 0.4) is 0 Å². The van der Waals surface area contributed by atoms with E-state index in [1.165, 1.54) is 6.07 Å². The third-order valence-electron chi connectivity index (χ3n) is 13.4. The van der Waals surface area contributed by atoms with Crippen LogP contribution in [0, 0.1) is 0 Å². The van der Waals surface area contributed by atoms with Gasteiger partial charge >= 0.3 is 0 Å². The van der Waals surface area contributed by atoms with Crippen LogP contribution in [0.2, 0.25) is 0 Å². The zero-order valence-corrected chi connectivity index (χ0v) is 37.6. The summed E-state index contributed by atoms with van der Waals surface area (Å²) >= 11 is 1.75. The van der Waals surface area contributed by atoms with E-state index >= 15 is 0 Å². The highest BCUT2D eigenvalue weighted by Gasteiger charge is 2.21. The van der Waals surface area contributed by atoms with Gasteiger partial charge in [-0.15, -0.1) is 11.3 Å². The molecule has 0 saturated heterocycles. The topological polar surface area (TPSA) is 69.9 Å². The first-order valence-electron chi connectivity index (χ1n) is 26.3. The van der Waals surface area contributed by atoms with Crippen molar-refractivity contribution >= 4 is 97.2 Å². The quantitative estimate of drug-likeness (QED) is 0.166. The lowest BCUT2D eigenvalue weighted by atomic mass is 9.98. The van der Waals surface area contributed by atoms with Crippen LogP contribution in [-0.4, -0.2) is 19.5 Å². The molecule has 0 atom stereocenters. The maximum Gasteiger partial charge on any atom is 0.166 e. The van der Waals surface area contributed by atoms with Crippen LogP contribution in [0.1, 0.15) is 9.60 Å². The van der Waals surface area contributed by atoms with E-state index in [0.29, 0.717) is 34.0 Å². The summed E-state index contributed by atoms with van der Waals surface area (Å²) in [5.74, 6) is 1.01. The van der Waals surface area contributed by atoms with Gasteiger partial charge < -0.3 is 13.4 Å². The summed E-state index contributed by atoms with van der Waals surface area (Å²) in [6.45, 7) is 0. The van der Waals surface area contributed by atoms with Crippen molar-refractivity contribution in [1.29, 1.82) is 0 Å². The minimum Gasteiger partial charge on any atom is -0.456 e. The molecule has 0 aliphatic heterocycles. The summed E-state index contributed by atoms with van der Waals surface area (Å²) in [7, 11) is 0. The number of benzene rings is 10. The molecular formula is C63H36N4O2S. The second-order valence-electron chi connectivity index (χ2n) is 17.3. The van der Waals surface area contributed by atoms with Crippen molar-refractivity contribution in [3.8, 4) is 62.1 Å². The lowest BCUT2D eigenvalue weighted by Crippen LogP contribution is -2.03. The Labute approximate surface area is 413 Å². The van der Waals surface area contributed by atoms with Crippen LogP contribution < -0.4 is 0 Å². The fraction of sp³-hybridized carbons (Fsp3) is 0. The van der Waals surface area contributed by atoms with Crippen molar-refractivity contribution in [2.75, 3.05) is 0 Å². The summed E-state index contributed by atoms with van der Waals surface area (Å²) < 4.78 is 79.1. The lowest BCUT2D eigenvalue weighted by molar-refractivity contribution is 0.669. The van der Waals surface area contributed by atoms with E-state index in [1.807, 2.05) is 84.9 Å². The van der Waals surface area contributed by atoms with Crippen LogP contribution in [0.5, 0.6) is 0 Å². The molecule has 0 radical (unpaired) electrons. The second kappa shape index (κ2) is 15.2. The predicted molar refractivity (Wildman–Crippen MR) is 289 cm³/mol. The molecule has 10 aromatic carbocycles. The highest BCUT2D eigenvalue weighted by Crippen LogP contribution is 2.44. The number of thiophene rings is 1. The van der Waals surface area contributed by atoms with Crippen LogP contribution in [-0.2, 0) is 0 Å². The molecule has 5 heterocycles. The molecule has 0 amide bonds. The van der Waals surface area contributed by atoms with Gasteiger partial charge in [-0.3, -0.25) is 0 Å². The summed E-state index contributed by atoms with van der Waals surface area (Å²) in [6.07, 6.45) is 0. The fourth-order valence-corrected chi connectivity index (χ4v) is 11.4. The van der Waals surface area contributed by atoms with Crippen LogP contribution in [0.25, 0.3) is 148 Å². The number of nitrogens with zero attached hydrogens (tertiary/aromatic N) is 4. The van der Waals surface area contributed by atoms with Gasteiger partial charge in [-0.05, 0) is 89.4 Å². The zero-order chi connectivity index (χ0) is 52.0. The Kier molecular flexibility index (Phi) is 7.05. The third-order valence-corrected chi connectivity index (χ3v) is 14.6. The Bertz CT molecular complexity index is 5060. The Morgan fingerprint density at radius 2 is 0.986 bits per heavy atom. The molecule has 15 aromatic rings. The largest absolute Gasteiger partial charge is 0.456 e. The minimum atomic E-state index is -0.474. The third kappa shape index (κ3) is 5.95. The van der Waals surface area contributed by atoms with Gasteiger partial charge in [0.1, 0.15) is 22.3 Å². The van der Waals surface area contributed by atoms with Crippen molar-refractivity contribution in [3.05, 3.63) is 218 Å². The maximum atomic E-state index is 9.25. The standard InChI is InChI=1S/C63H36N4O2S/c1-6-25-52-43(16-1)44-17-2-7-26-53(44)67(52)54-27-8-3-20-49(54)63-65-61(64-62(66-63)40-30-32-57-50(36-40)46-19-5-9-28-55(46)68-57)39-15-11-14-37(34-39)42-22-13-24-48-51-35-38(31-33-58(51)70-60(42)48)41-21-12-23-47-45-18-4-10-29-56(45)69-59(41)47/h1-36H/i1D,2D,6D,16D,17D,25D,26D.